The molecule has 12 heteroatoms. The molecule has 1 amide bonds. The first kappa shape index (κ1) is 24.3. The van der Waals surface area contributed by atoms with Crippen molar-refractivity contribution in [1.82, 2.24) is 20.2 Å². The molecular formula is C24H32F3N5O4. The second kappa shape index (κ2) is 9.07. The van der Waals surface area contributed by atoms with E-state index in [1.165, 1.54) is 6.07 Å². The zero-order chi connectivity index (χ0) is 25.1. The van der Waals surface area contributed by atoms with Gasteiger partial charge >= 0.3 is 6.18 Å². The molecule has 7 atom stereocenters. The summed E-state index contributed by atoms with van der Waals surface area (Å²) in [6.07, 6.45) is 0.254. The molecule has 2 bridgehead atoms. The number of carbonyl (C=O) groups is 1. The molecule has 5 heterocycles. The van der Waals surface area contributed by atoms with Gasteiger partial charge in [-0.25, -0.2) is 9.97 Å². The molecule has 5 aliphatic rings. The molecule has 4 aliphatic heterocycles. The van der Waals surface area contributed by atoms with Crippen LogP contribution in [0.1, 0.15) is 37.9 Å². The molecule has 2 unspecified atom stereocenters. The van der Waals surface area contributed by atoms with E-state index in [4.69, 9.17) is 14.2 Å². The summed E-state index contributed by atoms with van der Waals surface area (Å²) in [5.74, 6) is -0.730. The lowest BCUT2D eigenvalue weighted by Crippen LogP contribution is -2.55. The van der Waals surface area contributed by atoms with Gasteiger partial charge in [0, 0.05) is 51.7 Å². The minimum Gasteiger partial charge on any atom is -0.379 e. The van der Waals surface area contributed by atoms with E-state index < -0.39 is 17.4 Å². The van der Waals surface area contributed by atoms with Crippen LogP contribution in [0.2, 0.25) is 0 Å². The van der Waals surface area contributed by atoms with Crippen molar-refractivity contribution in [3.8, 4) is 0 Å². The summed E-state index contributed by atoms with van der Waals surface area (Å²) < 4.78 is 56.5. The quantitative estimate of drug-likeness (QED) is 0.638. The Morgan fingerprint density at radius 1 is 1.25 bits per heavy atom. The summed E-state index contributed by atoms with van der Waals surface area (Å²) in [5, 5.41) is 3.73. The third kappa shape index (κ3) is 4.06. The number of carbonyl (C=O) groups excluding carboxylic acids is 1. The number of likely N-dealkylation sites (tertiary alicyclic amines) is 1. The van der Waals surface area contributed by atoms with Gasteiger partial charge in [-0.15, -0.1) is 0 Å². The van der Waals surface area contributed by atoms with Crippen LogP contribution >= 0.6 is 0 Å². The number of hydrogen-bond donors (Lipinski definition) is 1. The molecule has 0 spiro atoms. The van der Waals surface area contributed by atoms with Crippen LogP contribution in [0, 0.1) is 5.41 Å². The fourth-order valence-corrected chi connectivity index (χ4v) is 7.04. The number of rotatable bonds is 5. The fourth-order valence-electron chi connectivity index (χ4n) is 7.04. The minimum atomic E-state index is -4.59. The molecule has 0 aromatic carbocycles. The molecule has 198 valence electrons. The van der Waals surface area contributed by atoms with Crippen molar-refractivity contribution in [3.05, 3.63) is 18.1 Å². The van der Waals surface area contributed by atoms with Gasteiger partial charge in [-0.3, -0.25) is 4.79 Å². The van der Waals surface area contributed by atoms with Gasteiger partial charge in [-0.05, 0) is 38.2 Å². The summed E-state index contributed by atoms with van der Waals surface area (Å²) >= 11 is 0. The molecule has 36 heavy (non-hydrogen) atoms. The number of amides is 1. The number of nitrogens with zero attached hydrogens (tertiary/aromatic N) is 4. The molecule has 1 saturated carbocycles. The average Bonchev–Trinajstić information content (AvgIpc) is 3.63. The number of ether oxygens (including phenoxy) is 3. The minimum absolute atomic E-state index is 0.00767. The molecule has 4 saturated heterocycles. The van der Waals surface area contributed by atoms with Crippen molar-refractivity contribution < 1.29 is 32.2 Å². The third-order valence-corrected chi connectivity index (χ3v) is 8.77. The van der Waals surface area contributed by atoms with Gasteiger partial charge in [0.25, 0.3) is 0 Å². The number of piperazine rings is 1. The fraction of sp³-hybridized carbons (Fsp3) is 0.792. The number of nitrogens with one attached hydrogen (secondary N) is 1. The Morgan fingerprint density at radius 3 is 2.86 bits per heavy atom. The maximum atomic E-state index is 14.0. The molecule has 1 N–H and O–H groups in total. The van der Waals surface area contributed by atoms with E-state index in [9.17, 15) is 18.0 Å². The normalized spacial score (nSPS) is 38.1. The second-order valence-electron chi connectivity index (χ2n) is 10.7. The van der Waals surface area contributed by atoms with Crippen molar-refractivity contribution in [2.75, 3.05) is 44.9 Å². The lowest BCUT2D eigenvalue weighted by atomic mass is 9.80. The van der Waals surface area contributed by atoms with Crippen molar-refractivity contribution in [2.45, 2.75) is 74.7 Å². The van der Waals surface area contributed by atoms with Crippen molar-refractivity contribution in [3.63, 3.8) is 0 Å². The van der Waals surface area contributed by atoms with Gasteiger partial charge in [0.05, 0.1) is 36.3 Å². The molecule has 9 nitrogen and oxygen atoms in total. The van der Waals surface area contributed by atoms with Crippen LogP contribution in [-0.2, 0) is 25.2 Å². The van der Waals surface area contributed by atoms with E-state index in [1.807, 2.05) is 9.80 Å². The highest BCUT2D eigenvalue weighted by Crippen LogP contribution is 2.50. The first-order valence-electron chi connectivity index (χ1n) is 12.7. The Kier molecular flexibility index (Phi) is 6.13. The van der Waals surface area contributed by atoms with Crippen LogP contribution in [0.4, 0.5) is 19.0 Å². The standard InChI is InChI=1S/C24H32F3N5O4/c1-34-18-13-35-6-3-17(18)29-14-8-19-23(10-14,4-7-36-19)22(33)32-12-15-9-16(32)11-31(15)20-2-5-28-21(30-20)24(25,26)27/h2,5,14-19,29H,3-4,6-13H2,1H3/t14-,15?,16?,17-,18+,19-,23-/m1/s1. The van der Waals surface area contributed by atoms with Crippen LogP contribution < -0.4 is 10.2 Å². The van der Waals surface area contributed by atoms with E-state index in [2.05, 4.69) is 15.3 Å². The zero-order valence-corrected chi connectivity index (χ0v) is 20.2. The molecule has 5 fully saturated rings. The SMILES string of the molecule is CO[C@H]1COCC[C@H]1N[C@@H]1C[C@H]2OCC[C@@]2(C(=O)N2CC3CC2CN3c2ccnc(C(F)(F)F)n2)C1. The lowest BCUT2D eigenvalue weighted by Gasteiger charge is -2.39. The van der Waals surface area contributed by atoms with Crippen LogP contribution in [0.5, 0.6) is 0 Å². The highest BCUT2D eigenvalue weighted by atomic mass is 19.4. The maximum Gasteiger partial charge on any atom is 0.451 e. The smallest absolute Gasteiger partial charge is 0.379 e. The summed E-state index contributed by atoms with van der Waals surface area (Å²) in [4.78, 5) is 25.0. The molecule has 6 rings (SSSR count). The molecule has 1 aliphatic carbocycles. The monoisotopic (exact) mass is 511 g/mol. The van der Waals surface area contributed by atoms with E-state index in [0.717, 1.165) is 31.9 Å². The predicted molar refractivity (Wildman–Crippen MR) is 121 cm³/mol. The van der Waals surface area contributed by atoms with Gasteiger partial charge in [-0.1, -0.05) is 0 Å². The van der Waals surface area contributed by atoms with Gasteiger partial charge < -0.3 is 29.3 Å². The Morgan fingerprint density at radius 2 is 2.11 bits per heavy atom. The predicted octanol–water partition coefficient (Wildman–Crippen LogP) is 1.62. The number of alkyl halides is 3. The van der Waals surface area contributed by atoms with Gasteiger partial charge in [0.1, 0.15) is 5.82 Å². The summed E-state index contributed by atoms with van der Waals surface area (Å²) in [6, 6.07) is 1.77. The van der Waals surface area contributed by atoms with E-state index in [-0.39, 0.29) is 48.1 Å². The van der Waals surface area contributed by atoms with Gasteiger partial charge in [0.2, 0.25) is 11.7 Å². The number of anilines is 1. The largest absolute Gasteiger partial charge is 0.451 e. The van der Waals surface area contributed by atoms with Crippen molar-refractivity contribution in [2.24, 2.45) is 5.41 Å². The van der Waals surface area contributed by atoms with Crippen LogP contribution in [-0.4, -0.2) is 97.2 Å². The zero-order valence-electron chi connectivity index (χ0n) is 20.2. The Labute approximate surface area is 207 Å². The van der Waals surface area contributed by atoms with Crippen LogP contribution in [0.15, 0.2) is 12.3 Å². The first-order valence-corrected chi connectivity index (χ1v) is 12.7. The van der Waals surface area contributed by atoms with Crippen LogP contribution in [0.25, 0.3) is 0 Å². The third-order valence-electron chi connectivity index (χ3n) is 8.77. The summed E-state index contributed by atoms with van der Waals surface area (Å²) in [5.41, 5.74) is -0.543. The number of hydrogen-bond acceptors (Lipinski definition) is 8. The highest BCUT2D eigenvalue weighted by molar-refractivity contribution is 5.85. The molecule has 1 aromatic heterocycles. The maximum absolute atomic E-state index is 14.0. The van der Waals surface area contributed by atoms with Gasteiger partial charge in [0.15, 0.2) is 0 Å². The van der Waals surface area contributed by atoms with Gasteiger partial charge in [-0.2, -0.15) is 13.2 Å². The highest BCUT2D eigenvalue weighted by Gasteiger charge is 2.60. The molecule has 1 aromatic rings. The Bertz CT molecular complexity index is 999. The number of halogens is 3. The summed E-state index contributed by atoms with van der Waals surface area (Å²) in [7, 11) is 1.70. The topological polar surface area (TPSA) is 89.0 Å². The van der Waals surface area contributed by atoms with E-state index in [1.54, 1.807) is 7.11 Å². The van der Waals surface area contributed by atoms with E-state index >= 15 is 0 Å². The van der Waals surface area contributed by atoms with Crippen molar-refractivity contribution in [1.29, 1.82) is 0 Å². The lowest BCUT2D eigenvalue weighted by molar-refractivity contribution is -0.145. The number of aromatic nitrogens is 2. The van der Waals surface area contributed by atoms with Crippen LogP contribution in [0.3, 0.4) is 0 Å². The average molecular weight is 512 g/mol. The Hall–Kier alpha value is -2.02. The molecular weight excluding hydrogens is 479 g/mol. The first-order chi connectivity index (χ1) is 17.3. The number of methoxy groups -OCH3 is 1. The molecule has 0 radical (unpaired) electrons. The summed E-state index contributed by atoms with van der Waals surface area (Å²) in [6.45, 7) is 2.81. The number of fused-ring (bicyclic) bond motifs is 3. The Balaban J connectivity index is 1.13. The second-order valence-corrected chi connectivity index (χ2v) is 10.7. The van der Waals surface area contributed by atoms with E-state index in [0.29, 0.717) is 39.3 Å². The van der Waals surface area contributed by atoms with Crippen molar-refractivity contribution >= 4 is 11.7 Å².